The van der Waals surface area contributed by atoms with E-state index in [2.05, 4.69) is 5.32 Å². The van der Waals surface area contributed by atoms with Gasteiger partial charge in [0.2, 0.25) is 11.8 Å². The van der Waals surface area contributed by atoms with Crippen LogP contribution in [0, 0.1) is 13.8 Å². The molecule has 0 unspecified atom stereocenters. The molecule has 3 aromatic rings. The summed E-state index contributed by atoms with van der Waals surface area (Å²) in [6.45, 7) is 7.73. The summed E-state index contributed by atoms with van der Waals surface area (Å²) in [6.07, 6.45) is 1.12. The number of rotatable bonds is 13. The second-order valence-corrected chi connectivity index (χ2v) is 11.6. The maximum atomic E-state index is 14.1. The topological polar surface area (TPSA) is 96.0 Å². The largest absolute Gasteiger partial charge is 0.495 e. The number of ether oxygens (including phenoxy) is 1. The molecular weight excluding hydrogens is 526 g/mol. The standard InChI is InChI=1S/C31H39N3O5S/c1-6-19-32-31(36)27(7-2)33(21-25-16-13-23(3)14-17-25)30(35)22-34(28-20-24(4)15-18-29(28)39-5)40(37,38)26-11-9-8-10-12-26/h8-18,20,27H,6-7,19,21-22H2,1-5H3,(H,32,36)/t27-/m1/s1. The lowest BCUT2D eigenvalue weighted by atomic mass is 10.1. The third-order valence-corrected chi connectivity index (χ3v) is 8.40. The molecule has 8 nitrogen and oxygen atoms in total. The summed E-state index contributed by atoms with van der Waals surface area (Å²) < 4.78 is 34.6. The molecule has 0 radical (unpaired) electrons. The van der Waals surface area contributed by atoms with E-state index in [9.17, 15) is 18.0 Å². The van der Waals surface area contributed by atoms with Crippen LogP contribution < -0.4 is 14.4 Å². The van der Waals surface area contributed by atoms with E-state index >= 15 is 0 Å². The van der Waals surface area contributed by atoms with Crippen LogP contribution in [0.1, 0.15) is 43.4 Å². The summed E-state index contributed by atoms with van der Waals surface area (Å²) >= 11 is 0. The van der Waals surface area contributed by atoms with Crippen LogP contribution in [0.25, 0.3) is 0 Å². The lowest BCUT2D eigenvalue weighted by Gasteiger charge is -2.33. The number of benzene rings is 3. The molecule has 2 amide bonds. The first-order valence-corrected chi connectivity index (χ1v) is 14.9. The molecule has 0 heterocycles. The van der Waals surface area contributed by atoms with Gasteiger partial charge in [0.25, 0.3) is 10.0 Å². The lowest BCUT2D eigenvalue weighted by molar-refractivity contribution is -0.140. The summed E-state index contributed by atoms with van der Waals surface area (Å²) in [6, 6.07) is 20.1. The first-order valence-electron chi connectivity index (χ1n) is 13.5. The van der Waals surface area contributed by atoms with Crippen LogP contribution >= 0.6 is 0 Å². The molecular formula is C31H39N3O5S. The van der Waals surface area contributed by atoms with Gasteiger partial charge >= 0.3 is 0 Å². The second-order valence-electron chi connectivity index (χ2n) is 9.72. The average Bonchev–Trinajstić information content (AvgIpc) is 2.95. The smallest absolute Gasteiger partial charge is 0.264 e. The highest BCUT2D eigenvalue weighted by atomic mass is 32.2. The number of anilines is 1. The van der Waals surface area contributed by atoms with Gasteiger partial charge in [-0.1, -0.05) is 67.9 Å². The van der Waals surface area contributed by atoms with Crippen molar-refractivity contribution in [3.8, 4) is 5.75 Å². The zero-order valence-electron chi connectivity index (χ0n) is 23.9. The van der Waals surface area contributed by atoms with Gasteiger partial charge < -0.3 is 15.0 Å². The van der Waals surface area contributed by atoms with Crippen LogP contribution in [0.5, 0.6) is 5.75 Å². The van der Waals surface area contributed by atoms with Crippen LogP contribution in [0.2, 0.25) is 0 Å². The molecule has 0 saturated heterocycles. The molecule has 0 aliphatic rings. The molecule has 1 atom stereocenters. The van der Waals surface area contributed by atoms with Crippen molar-refractivity contribution in [2.24, 2.45) is 0 Å². The Morgan fingerprint density at radius 2 is 1.57 bits per heavy atom. The van der Waals surface area contributed by atoms with Crippen LogP contribution in [0.15, 0.2) is 77.7 Å². The molecule has 40 heavy (non-hydrogen) atoms. The van der Waals surface area contributed by atoms with Gasteiger partial charge in [0.05, 0.1) is 17.7 Å². The van der Waals surface area contributed by atoms with E-state index in [0.717, 1.165) is 27.4 Å². The zero-order valence-corrected chi connectivity index (χ0v) is 24.7. The van der Waals surface area contributed by atoms with Crippen molar-refractivity contribution in [1.82, 2.24) is 10.2 Å². The van der Waals surface area contributed by atoms with E-state index in [-0.39, 0.29) is 23.0 Å². The van der Waals surface area contributed by atoms with Gasteiger partial charge in [0.15, 0.2) is 0 Å². The first-order chi connectivity index (χ1) is 19.1. The quantitative estimate of drug-likeness (QED) is 0.320. The van der Waals surface area contributed by atoms with Gasteiger partial charge in [-0.2, -0.15) is 0 Å². The number of carbonyl (C=O) groups is 2. The van der Waals surface area contributed by atoms with E-state index < -0.39 is 28.5 Å². The first kappa shape index (κ1) is 30.7. The minimum atomic E-state index is -4.17. The number of hydrogen-bond donors (Lipinski definition) is 1. The summed E-state index contributed by atoms with van der Waals surface area (Å²) in [5, 5.41) is 2.90. The Labute approximate surface area is 238 Å². The van der Waals surface area contributed by atoms with Crippen LogP contribution in [0.3, 0.4) is 0 Å². The fraction of sp³-hybridized carbons (Fsp3) is 0.355. The zero-order chi connectivity index (χ0) is 29.3. The van der Waals surface area contributed by atoms with Crippen molar-refractivity contribution in [2.75, 3.05) is 24.5 Å². The summed E-state index contributed by atoms with van der Waals surface area (Å²) in [7, 11) is -2.72. The highest BCUT2D eigenvalue weighted by Crippen LogP contribution is 2.33. The Balaban J connectivity index is 2.10. The molecule has 0 aliphatic carbocycles. The molecule has 0 bridgehead atoms. The van der Waals surface area contributed by atoms with E-state index in [1.165, 1.54) is 24.1 Å². The molecule has 1 N–H and O–H groups in total. The van der Waals surface area contributed by atoms with Crippen molar-refractivity contribution in [3.05, 3.63) is 89.5 Å². The van der Waals surface area contributed by atoms with Gasteiger partial charge in [-0.3, -0.25) is 13.9 Å². The highest BCUT2D eigenvalue weighted by Gasteiger charge is 2.34. The average molecular weight is 566 g/mol. The summed E-state index contributed by atoms with van der Waals surface area (Å²) in [5.41, 5.74) is 2.96. The van der Waals surface area contributed by atoms with Crippen molar-refractivity contribution in [1.29, 1.82) is 0 Å². The Morgan fingerprint density at radius 1 is 0.925 bits per heavy atom. The third kappa shape index (κ3) is 7.41. The van der Waals surface area contributed by atoms with Gasteiger partial charge in [0, 0.05) is 13.1 Å². The number of hydrogen-bond acceptors (Lipinski definition) is 5. The number of aryl methyl sites for hydroxylation is 2. The maximum absolute atomic E-state index is 14.1. The molecule has 214 valence electrons. The molecule has 0 saturated carbocycles. The Morgan fingerprint density at radius 3 is 2.17 bits per heavy atom. The van der Waals surface area contributed by atoms with Crippen LogP contribution in [-0.4, -0.2) is 51.4 Å². The summed E-state index contributed by atoms with van der Waals surface area (Å²) in [4.78, 5) is 28.8. The number of amides is 2. The van der Waals surface area contributed by atoms with Crippen molar-refractivity contribution in [3.63, 3.8) is 0 Å². The summed E-state index contributed by atoms with van der Waals surface area (Å²) in [5.74, 6) is -0.451. The normalized spacial score (nSPS) is 11.9. The molecule has 3 rings (SSSR count). The van der Waals surface area contributed by atoms with E-state index in [1.807, 2.05) is 58.0 Å². The minimum Gasteiger partial charge on any atom is -0.495 e. The molecule has 0 spiro atoms. The number of sulfonamides is 1. The number of methoxy groups -OCH3 is 1. The third-order valence-electron chi connectivity index (χ3n) is 6.62. The van der Waals surface area contributed by atoms with Gasteiger partial charge in [-0.25, -0.2) is 8.42 Å². The van der Waals surface area contributed by atoms with Crippen molar-refractivity contribution in [2.45, 2.75) is 58.0 Å². The molecule has 9 heteroatoms. The SMILES string of the molecule is CCCNC(=O)[C@@H](CC)N(Cc1ccc(C)cc1)C(=O)CN(c1cc(C)ccc1OC)S(=O)(=O)c1ccccc1. The van der Waals surface area contributed by atoms with Crippen molar-refractivity contribution >= 4 is 27.5 Å². The fourth-order valence-electron chi connectivity index (χ4n) is 4.40. The molecule has 0 fully saturated rings. The van der Waals surface area contributed by atoms with Crippen LogP contribution in [0.4, 0.5) is 5.69 Å². The number of nitrogens with one attached hydrogen (secondary N) is 1. The van der Waals surface area contributed by atoms with Crippen LogP contribution in [-0.2, 0) is 26.2 Å². The molecule has 0 aliphatic heterocycles. The van der Waals surface area contributed by atoms with E-state index in [1.54, 1.807) is 30.3 Å². The Bertz CT molecular complexity index is 1390. The predicted molar refractivity (Wildman–Crippen MR) is 158 cm³/mol. The minimum absolute atomic E-state index is 0.0455. The maximum Gasteiger partial charge on any atom is 0.264 e. The number of carbonyl (C=O) groups excluding carboxylic acids is 2. The van der Waals surface area contributed by atoms with E-state index in [4.69, 9.17) is 4.74 Å². The van der Waals surface area contributed by atoms with Gasteiger partial charge in [-0.05, 0) is 62.1 Å². The predicted octanol–water partition coefficient (Wildman–Crippen LogP) is 4.84. The lowest BCUT2D eigenvalue weighted by Crippen LogP contribution is -2.52. The highest BCUT2D eigenvalue weighted by molar-refractivity contribution is 7.92. The Hall–Kier alpha value is -3.85. The second kappa shape index (κ2) is 14.0. The van der Waals surface area contributed by atoms with E-state index in [0.29, 0.717) is 18.7 Å². The fourth-order valence-corrected chi connectivity index (χ4v) is 5.84. The van der Waals surface area contributed by atoms with Gasteiger partial charge in [-0.15, -0.1) is 0 Å². The van der Waals surface area contributed by atoms with Gasteiger partial charge in [0.1, 0.15) is 18.3 Å². The molecule has 0 aromatic heterocycles. The number of nitrogens with zero attached hydrogens (tertiary/aromatic N) is 2. The molecule has 3 aromatic carbocycles. The Kier molecular flexibility index (Phi) is 10.7. The van der Waals surface area contributed by atoms with Crippen molar-refractivity contribution < 1.29 is 22.7 Å². The monoisotopic (exact) mass is 565 g/mol.